The number of fused-ring (bicyclic) bond motifs is 10. The topological polar surface area (TPSA) is 129 Å². The van der Waals surface area contributed by atoms with Crippen molar-refractivity contribution in [1.82, 2.24) is 49.8 Å². The third-order valence-electron chi connectivity index (χ3n) is 24.4. The van der Waals surface area contributed by atoms with E-state index in [2.05, 4.69) is 494 Å². The van der Waals surface area contributed by atoms with Crippen LogP contribution in [-0.2, 0) is 54.1 Å². The predicted molar refractivity (Wildman–Crippen MR) is 672 cm³/mol. The number of hydrogen-bond acceptors (Lipinski definition) is 10. The monoisotopic (exact) mass is 2010 g/mol. The molecule has 0 spiro atoms. The summed E-state index contributed by atoms with van der Waals surface area (Å²) in [7, 11) is 0. The zero-order valence-corrected chi connectivity index (χ0v) is 89.1. The highest BCUT2D eigenvalue weighted by molar-refractivity contribution is 5.87. The molecule has 0 aliphatic rings. The average molecular weight is 2010 g/mol. The summed E-state index contributed by atoms with van der Waals surface area (Å²) in [5.74, 6) is 0. The first kappa shape index (κ1) is 134. The zero-order valence-electron chi connectivity index (χ0n) is 89.1. The SMILES string of the molecule is C.C.C.C.C.C.C.C.C.C.CC(C)(C)c1cc2ccccc2cn1.CC(C)(C)c1ccc2ccccc2c1.CC(C)(C)c1ccc2ccccc2c1.CC(C)(C)c1ccc2ccccc2n1.CC(C)(C)c1ccc2cccnc2c1.CC(C)(C)c1ccc2cnccc2c1.CC(C)(C)c1ccc2ncccc2c1.CC(C)(C)c1ccc2ncccc2n1.CC(C)(C)c1cnc2ccccc2c1.CC(C)(C)c1cnc2cccnc2c1. The van der Waals surface area contributed by atoms with Crippen LogP contribution in [0.5, 0.6) is 0 Å². The van der Waals surface area contributed by atoms with E-state index in [1.165, 1.54) is 104 Å². The smallest absolute Gasteiger partial charge is 0.0890 e. The summed E-state index contributed by atoms with van der Waals surface area (Å²) < 4.78 is 0. The molecule has 0 fully saturated rings. The van der Waals surface area contributed by atoms with E-state index in [0.717, 1.165) is 61.2 Å². The second-order valence-corrected chi connectivity index (χ2v) is 46.6. The van der Waals surface area contributed by atoms with Crippen LogP contribution in [-0.4, -0.2) is 49.8 Å². The first-order chi connectivity index (χ1) is 65.7. The fourth-order valence-corrected chi connectivity index (χ4v) is 15.1. The maximum atomic E-state index is 4.65. The molecule has 0 saturated heterocycles. The Morgan fingerprint density at radius 2 is 0.393 bits per heavy atom. The van der Waals surface area contributed by atoms with E-state index in [-0.39, 0.29) is 128 Å². The molecule has 10 aromatic carbocycles. The second-order valence-electron chi connectivity index (χ2n) is 46.6. The Labute approximate surface area is 909 Å². The lowest BCUT2D eigenvalue weighted by molar-refractivity contribution is 0.570. The van der Waals surface area contributed by atoms with Gasteiger partial charge >= 0.3 is 0 Å². The van der Waals surface area contributed by atoms with Crippen molar-refractivity contribution < 1.29 is 0 Å². The molecule has 800 valence electrons. The summed E-state index contributed by atoms with van der Waals surface area (Å²) in [5.41, 5.74) is 22.7. The van der Waals surface area contributed by atoms with Crippen molar-refractivity contribution in [2.75, 3.05) is 0 Å². The summed E-state index contributed by atoms with van der Waals surface area (Å²) in [5, 5.41) is 15.1. The Kier molecular flexibility index (Phi) is 51.3. The lowest BCUT2D eigenvalue weighted by Gasteiger charge is -2.19. The molecule has 10 heterocycles. The van der Waals surface area contributed by atoms with Crippen LogP contribution >= 0.6 is 0 Å². The normalized spacial score (nSPS) is 11.1. The Balaban J connectivity index is 0.000000827. The van der Waals surface area contributed by atoms with E-state index >= 15 is 0 Å². The van der Waals surface area contributed by atoms with E-state index in [1.54, 1.807) is 12.4 Å². The lowest BCUT2D eigenvalue weighted by Crippen LogP contribution is -2.13. The molecule has 20 aromatic rings. The van der Waals surface area contributed by atoms with Crippen molar-refractivity contribution in [2.45, 2.75) is 336 Å². The van der Waals surface area contributed by atoms with Gasteiger partial charge in [0.25, 0.3) is 0 Å². The molecule has 0 radical (unpaired) electrons. The van der Waals surface area contributed by atoms with Gasteiger partial charge in [-0.3, -0.25) is 49.8 Å². The van der Waals surface area contributed by atoms with Gasteiger partial charge in [-0.1, -0.05) is 482 Å². The van der Waals surface area contributed by atoms with Gasteiger partial charge in [0.1, 0.15) is 0 Å². The minimum absolute atomic E-state index is 0. The van der Waals surface area contributed by atoms with Gasteiger partial charge in [-0.15, -0.1) is 0 Å². The third kappa shape index (κ3) is 39.3. The summed E-state index contributed by atoms with van der Waals surface area (Å²) in [6.07, 6.45) is 16.9. The van der Waals surface area contributed by atoms with Crippen LogP contribution in [0.2, 0.25) is 0 Å². The van der Waals surface area contributed by atoms with Crippen LogP contribution in [0.4, 0.5) is 0 Å². The van der Waals surface area contributed by atoms with E-state index in [9.17, 15) is 0 Å². The molecule has 10 aromatic heterocycles. The van der Waals surface area contributed by atoms with Gasteiger partial charge in [-0.05, 0) is 218 Å². The molecule has 20 rings (SSSR count). The maximum absolute atomic E-state index is 4.65. The Morgan fingerprint density at radius 1 is 0.133 bits per heavy atom. The fourth-order valence-electron chi connectivity index (χ4n) is 15.1. The van der Waals surface area contributed by atoms with Crippen molar-refractivity contribution in [2.24, 2.45) is 0 Å². The molecule has 0 bridgehead atoms. The number of nitrogens with zero attached hydrogens (tertiary/aromatic N) is 10. The molecule has 0 amide bonds. The quantitative estimate of drug-likeness (QED) is 0.145. The summed E-state index contributed by atoms with van der Waals surface area (Å²) >= 11 is 0. The van der Waals surface area contributed by atoms with Gasteiger partial charge in [0.05, 0.1) is 44.1 Å². The summed E-state index contributed by atoms with van der Waals surface area (Å²) in [6, 6.07) is 108. The molecule has 10 heteroatoms. The molecule has 0 atom stereocenters. The average Bonchev–Trinajstić information content (AvgIpc) is 0.867. The number of rotatable bonds is 0. The molecule has 0 unspecified atom stereocenters. The summed E-state index contributed by atoms with van der Waals surface area (Å²) in [4.78, 5) is 43.8. The zero-order chi connectivity index (χ0) is 102. The van der Waals surface area contributed by atoms with Crippen LogP contribution in [0.25, 0.3) is 109 Å². The van der Waals surface area contributed by atoms with Crippen LogP contribution in [0, 0.1) is 0 Å². The van der Waals surface area contributed by atoms with Crippen LogP contribution in [0.3, 0.4) is 0 Å². The van der Waals surface area contributed by atoms with E-state index in [1.807, 2.05) is 116 Å². The molecular formula is C140H190N10. The van der Waals surface area contributed by atoms with E-state index < -0.39 is 0 Å². The molecule has 0 saturated carbocycles. The van der Waals surface area contributed by atoms with Crippen LogP contribution in [0.1, 0.15) is 338 Å². The molecular weight excluding hydrogens is 1820 g/mol. The number of pyridine rings is 10. The number of hydrogen-bond donors (Lipinski definition) is 0. The molecule has 0 aliphatic heterocycles. The molecule has 10 nitrogen and oxygen atoms in total. The molecule has 0 aliphatic carbocycles. The molecule has 150 heavy (non-hydrogen) atoms. The van der Waals surface area contributed by atoms with Gasteiger partial charge in [0, 0.05) is 121 Å². The van der Waals surface area contributed by atoms with Gasteiger partial charge in [0.15, 0.2) is 0 Å². The first-order valence-corrected chi connectivity index (χ1v) is 49.3. The third-order valence-corrected chi connectivity index (χ3v) is 24.4. The van der Waals surface area contributed by atoms with E-state index in [0.29, 0.717) is 0 Å². The minimum Gasteiger partial charge on any atom is -0.264 e. The minimum atomic E-state index is 0. The van der Waals surface area contributed by atoms with Gasteiger partial charge < -0.3 is 0 Å². The van der Waals surface area contributed by atoms with Crippen molar-refractivity contribution >= 4 is 109 Å². The number of para-hydroxylation sites is 2. The largest absolute Gasteiger partial charge is 0.264 e. The first-order valence-electron chi connectivity index (χ1n) is 49.3. The Hall–Kier alpha value is -13.7. The van der Waals surface area contributed by atoms with Gasteiger partial charge in [-0.2, -0.15) is 0 Å². The summed E-state index contributed by atoms with van der Waals surface area (Å²) in [6.45, 7) is 66.3. The fraction of sp³-hybridized carbons (Fsp3) is 0.357. The maximum Gasteiger partial charge on any atom is 0.0890 e. The highest BCUT2D eigenvalue weighted by Gasteiger charge is 2.23. The highest BCUT2D eigenvalue weighted by Crippen LogP contribution is 2.34. The second kappa shape index (κ2) is 57.3. The van der Waals surface area contributed by atoms with Crippen LogP contribution < -0.4 is 0 Å². The highest BCUT2D eigenvalue weighted by atomic mass is 14.8. The standard InChI is InChI=1S/2C14H16.6C13H15N.2C12H14N2.10CH4/c2*1-14(2,3)13-9-8-11-6-4-5-7-12(11)10-13;1-13(2,3)12-5-4-11-9-14-7-6-10(11)8-12;1-13(2,3)11-6-7-12-10(9-11)5-4-8-14-12;1-13(2,3)11-7-6-10-5-4-8-14-12(10)9-11;1-13(2,3)11-8-10-6-4-5-7-12(10)14-9-11;1-13(2,3)12-8-10-6-4-5-7-11(10)9-14-12;1-13(2,3)12-9-8-10-6-4-5-7-11(10)14-12;1-12(2,3)11-7-6-9-10(14-11)5-4-8-13-9;1-12(2,3)9-7-11-10(14-8-9)5-4-6-13-11;;;;;;;;;;/h2*4-10H,1-3H3;6*4-9H,1-3H3;2*4-8H,1-3H3;10*1H4. The lowest BCUT2D eigenvalue weighted by atomic mass is 9.86. The van der Waals surface area contributed by atoms with Gasteiger partial charge in [0.2, 0.25) is 0 Å². The van der Waals surface area contributed by atoms with Crippen molar-refractivity contribution in [3.05, 3.63) is 421 Å². The van der Waals surface area contributed by atoms with Crippen molar-refractivity contribution in [3.8, 4) is 0 Å². The van der Waals surface area contributed by atoms with E-state index in [4.69, 9.17) is 0 Å². The predicted octanol–water partition coefficient (Wildman–Crippen LogP) is 41.7. The van der Waals surface area contributed by atoms with Gasteiger partial charge in [-0.25, -0.2) is 0 Å². The Bertz CT molecular complexity index is 6000. The van der Waals surface area contributed by atoms with Crippen LogP contribution in [0.15, 0.2) is 365 Å². The van der Waals surface area contributed by atoms with Crippen molar-refractivity contribution in [1.29, 1.82) is 0 Å². The number of aromatic nitrogens is 10. The number of benzene rings is 10. The Morgan fingerprint density at radius 3 is 0.860 bits per heavy atom. The van der Waals surface area contributed by atoms with Crippen molar-refractivity contribution in [3.63, 3.8) is 0 Å². The molecule has 0 N–H and O–H groups in total.